The van der Waals surface area contributed by atoms with Crippen molar-refractivity contribution < 1.29 is 4.74 Å². The van der Waals surface area contributed by atoms with Crippen molar-refractivity contribution in [3.8, 4) is 5.75 Å². The van der Waals surface area contributed by atoms with Crippen molar-refractivity contribution in [1.29, 1.82) is 0 Å². The molecule has 19 heavy (non-hydrogen) atoms. The largest absolute Gasteiger partial charge is 0.486 e. The van der Waals surface area contributed by atoms with E-state index in [2.05, 4.69) is 32.9 Å². The van der Waals surface area contributed by atoms with Gasteiger partial charge in [0.05, 0.1) is 0 Å². The van der Waals surface area contributed by atoms with Crippen molar-refractivity contribution in [3.05, 3.63) is 58.7 Å². The number of hydrogen-bond donors (Lipinski definition) is 1. The topological polar surface area (TPSA) is 35.2 Å². The Labute approximate surface area is 115 Å². The van der Waals surface area contributed by atoms with Crippen LogP contribution in [0.2, 0.25) is 0 Å². The van der Waals surface area contributed by atoms with Gasteiger partial charge in [0.2, 0.25) is 0 Å². The molecule has 2 rings (SSSR count). The molecule has 0 spiro atoms. The summed E-state index contributed by atoms with van der Waals surface area (Å²) in [7, 11) is 0. The Kier molecular flexibility index (Phi) is 3.79. The minimum Gasteiger partial charge on any atom is -0.486 e. The summed E-state index contributed by atoms with van der Waals surface area (Å²) < 4.78 is 6.09. The summed E-state index contributed by atoms with van der Waals surface area (Å²) in [5.41, 5.74) is 11.4. The predicted molar refractivity (Wildman–Crippen MR) is 80.6 cm³/mol. The summed E-state index contributed by atoms with van der Waals surface area (Å²) in [6.45, 7) is 8.34. The van der Waals surface area contributed by atoms with Crippen LogP contribution < -0.4 is 10.5 Å². The van der Waals surface area contributed by atoms with Crippen molar-refractivity contribution in [3.63, 3.8) is 0 Å². The second-order valence-corrected chi connectivity index (χ2v) is 5.14. The van der Waals surface area contributed by atoms with Gasteiger partial charge in [-0.3, -0.25) is 0 Å². The zero-order valence-electron chi connectivity index (χ0n) is 12.0. The van der Waals surface area contributed by atoms with Crippen LogP contribution in [0.3, 0.4) is 0 Å². The molecule has 2 N–H and O–H groups in total. The number of rotatable bonds is 3. The summed E-state index contributed by atoms with van der Waals surface area (Å²) in [5, 5.41) is 0. The highest BCUT2D eigenvalue weighted by Crippen LogP contribution is 2.28. The molecular weight excluding hydrogens is 234 g/mol. The minimum absolute atomic E-state index is 0.0107. The van der Waals surface area contributed by atoms with Gasteiger partial charge in [0.1, 0.15) is 11.9 Å². The first kappa shape index (κ1) is 13.5. The maximum absolute atomic E-state index is 6.09. The zero-order valence-corrected chi connectivity index (χ0v) is 12.0. The molecule has 2 nitrogen and oxygen atoms in total. The van der Waals surface area contributed by atoms with Crippen molar-refractivity contribution >= 4 is 5.69 Å². The van der Waals surface area contributed by atoms with Crippen LogP contribution in [0.5, 0.6) is 5.75 Å². The van der Waals surface area contributed by atoms with Gasteiger partial charge in [-0.2, -0.15) is 0 Å². The third-order valence-corrected chi connectivity index (χ3v) is 3.45. The number of nitrogens with two attached hydrogens (primary N) is 1. The lowest BCUT2D eigenvalue weighted by molar-refractivity contribution is 0.225. The molecule has 2 aromatic carbocycles. The highest BCUT2D eigenvalue weighted by molar-refractivity contribution is 5.44. The quantitative estimate of drug-likeness (QED) is 0.828. The molecule has 0 amide bonds. The molecular formula is C17H21NO. The summed E-state index contributed by atoms with van der Waals surface area (Å²) in [5.74, 6) is 0.951. The van der Waals surface area contributed by atoms with Gasteiger partial charge in [-0.05, 0) is 68.1 Å². The van der Waals surface area contributed by atoms with Crippen molar-refractivity contribution in [2.75, 3.05) is 5.73 Å². The second kappa shape index (κ2) is 5.35. The molecule has 0 saturated heterocycles. The lowest BCUT2D eigenvalue weighted by Gasteiger charge is -2.18. The van der Waals surface area contributed by atoms with Gasteiger partial charge in [0.15, 0.2) is 0 Å². The molecule has 0 aromatic heterocycles. The van der Waals surface area contributed by atoms with E-state index in [0.29, 0.717) is 0 Å². The summed E-state index contributed by atoms with van der Waals surface area (Å²) in [6.07, 6.45) is -0.0107. The molecule has 2 aromatic rings. The summed E-state index contributed by atoms with van der Waals surface area (Å²) >= 11 is 0. The Morgan fingerprint density at radius 1 is 1.05 bits per heavy atom. The Hall–Kier alpha value is -1.96. The van der Waals surface area contributed by atoms with Gasteiger partial charge in [-0.15, -0.1) is 0 Å². The highest BCUT2D eigenvalue weighted by atomic mass is 16.5. The molecule has 0 fully saturated rings. The lowest BCUT2D eigenvalue weighted by Crippen LogP contribution is -2.05. The van der Waals surface area contributed by atoms with E-state index in [9.17, 15) is 0 Å². The van der Waals surface area contributed by atoms with Gasteiger partial charge in [0.25, 0.3) is 0 Å². The zero-order chi connectivity index (χ0) is 14.0. The number of anilines is 1. The predicted octanol–water partition coefficient (Wildman–Crippen LogP) is 4.33. The smallest absolute Gasteiger partial charge is 0.123 e. The molecule has 0 aliphatic rings. The van der Waals surface area contributed by atoms with Crippen LogP contribution in [0.25, 0.3) is 0 Å². The minimum atomic E-state index is -0.0107. The number of hydrogen-bond acceptors (Lipinski definition) is 2. The molecule has 1 atom stereocenters. The Morgan fingerprint density at radius 3 is 2.47 bits per heavy atom. The van der Waals surface area contributed by atoms with Gasteiger partial charge < -0.3 is 10.5 Å². The molecule has 0 aliphatic carbocycles. The molecule has 1 unspecified atom stereocenters. The van der Waals surface area contributed by atoms with Crippen molar-refractivity contribution in [2.24, 2.45) is 0 Å². The van der Waals surface area contributed by atoms with Gasteiger partial charge in [-0.1, -0.05) is 18.2 Å². The summed E-state index contributed by atoms with van der Waals surface area (Å²) in [6, 6.07) is 12.1. The Bertz CT molecular complexity index is 590. The van der Waals surface area contributed by atoms with Crippen LogP contribution in [0.15, 0.2) is 36.4 Å². The number of nitrogen functional groups attached to an aromatic ring is 1. The van der Waals surface area contributed by atoms with Crippen LogP contribution in [0.1, 0.15) is 35.3 Å². The molecule has 2 heteroatoms. The monoisotopic (exact) mass is 255 g/mol. The standard InChI is InChI=1S/C17H21NO/c1-11-8-12(2)13(3)17(9-11)19-14(4)15-6-5-7-16(18)10-15/h5-10,14H,18H2,1-4H3. The fourth-order valence-electron chi connectivity index (χ4n) is 2.19. The van der Waals surface area contributed by atoms with E-state index >= 15 is 0 Å². The maximum Gasteiger partial charge on any atom is 0.123 e. The maximum atomic E-state index is 6.09. The number of benzene rings is 2. The van der Waals surface area contributed by atoms with Crippen molar-refractivity contribution in [1.82, 2.24) is 0 Å². The van der Waals surface area contributed by atoms with E-state index in [0.717, 1.165) is 17.0 Å². The Balaban J connectivity index is 2.26. The molecule has 0 aliphatic heterocycles. The third kappa shape index (κ3) is 3.08. The van der Waals surface area contributed by atoms with Crippen LogP contribution in [-0.4, -0.2) is 0 Å². The van der Waals surface area contributed by atoms with E-state index in [4.69, 9.17) is 10.5 Å². The van der Waals surface area contributed by atoms with Crippen LogP contribution in [-0.2, 0) is 0 Å². The fourth-order valence-corrected chi connectivity index (χ4v) is 2.19. The summed E-state index contributed by atoms with van der Waals surface area (Å²) in [4.78, 5) is 0. The third-order valence-electron chi connectivity index (χ3n) is 3.45. The van der Waals surface area contributed by atoms with Crippen LogP contribution >= 0.6 is 0 Å². The van der Waals surface area contributed by atoms with Gasteiger partial charge in [0, 0.05) is 5.69 Å². The molecule has 0 bridgehead atoms. The number of ether oxygens (including phenoxy) is 1. The molecule has 0 heterocycles. The molecule has 100 valence electrons. The number of aryl methyl sites for hydroxylation is 2. The molecule has 0 saturated carbocycles. The first-order valence-corrected chi connectivity index (χ1v) is 6.57. The fraction of sp³-hybridized carbons (Fsp3) is 0.294. The first-order chi connectivity index (χ1) is 8.97. The lowest BCUT2D eigenvalue weighted by atomic mass is 10.1. The van der Waals surface area contributed by atoms with E-state index in [1.807, 2.05) is 31.2 Å². The van der Waals surface area contributed by atoms with Crippen LogP contribution in [0, 0.1) is 20.8 Å². The second-order valence-electron chi connectivity index (χ2n) is 5.14. The van der Waals surface area contributed by atoms with E-state index in [-0.39, 0.29) is 6.10 Å². The van der Waals surface area contributed by atoms with E-state index in [1.165, 1.54) is 16.7 Å². The van der Waals surface area contributed by atoms with E-state index in [1.54, 1.807) is 0 Å². The van der Waals surface area contributed by atoms with Gasteiger partial charge in [-0.25, -0.2) is 0 Å². The molecule has 0 radical (unpaired) electrons. The van der Waals surface area contributed by atoms with E-state index < -0.39 is 0 Å². The van der Waals surface area contributed by atoms with Crippen LogP contribution in [0.4, 0.5) is 5.69 Å². The normalized spacial score (nSPS) is 12.2. The first-order valence-electron chi connectivity index (χ1n) is 6.57. The average molecular weight is 255 g/mol. The average Bonchev–Trinajstić information content (AvgIpc) is 2.35. The SMILES string of the molecule is Cc1cc(C)c(C)c(OC(C)c2cccc(N)c2)c1. The van der Waals surface area contributed by atoms with Crippen molar-refractivity contribution in [2.45, 2.75) is 33.8 Å². The van der Waals surface area contributed by atoms with Gasteiger partial charge >= 0.3 is 0 Å². The Morgan fingerprint density at radius 2 is 1.79 bits per heavy atom. The highest BCUT2D eigenvalue weighted by Gasteiger charge is 2.10.